The van der Waals surface area contributed by atoms with E-state index in [0.29, 0.717) is 12.2 Å². The molecule has 2 aromatic carbocycles. The van der Waals surface area contributed by atoms with E-state index in [-0.39, 0.29) is 24.2 Å². The molecule has 1 heterocycles. The minimum Gasteiger partial charge on any atom is -0.497 e. The Kier molecular flexibility index (Phi) is 5.65. The molecule has 0 fully saturated rings. The normalized spacial score (nSPS) is 17.4. The van der Waals surface area contributed by atoms with Gasteiger partial charge in [-0.05, 0) is 56.7 Å². The number of nitrogens with one attached hydrogen (secondary N) is 1. The van der Waals surface area contributed by atoms with Crippen LogP contribution in [0.15, 0.2) is 40.9 Å². The molecule has 1 aliphatic heterocycles. The van der Waals surface area contributed by atoms with Gasteiger partial charge in [0, 0.05) is 22.5 Å². The van der Waals surface area contributed by atoms with Crippen molar-refractivity contribution in [3.05, 3.63) is 52.0 Å². The number of carbonyl (C=O) groups excluding carboxylic acids is 1. The number of fused-ring (bicyclic) bond motifs is 1. The highest BCUT2D eigenvalue weighted by Crippen LogP contribution is 2.41. The molecule has 3 rings (SSSR count). The molecular weight excluding hydrogens is 410 g/mol. The maximum Gasteiger partial charge on any atom is 0.258 e. The van der Waals surface area contributed by atoms with Gasteiger partial charge in [-0.2, -0.15) is 0 Å². The summed E-state index contributed by atoms with van der Waals surface area (Å²) in [6, 6.07) is 11.2. The SMILES string of the molecule is COc1ccc2c(c1)OC(C)(C)CC2NC(=O)COc1ccc(Br)c(C)c1. The number of benzene rings is 2. The third-order valence-electron chi connectivity index (χ3n) is 4.51. The van der Waals surface area contributed by atoms with Crippen LogP contribution in [0.4, 0.5) is 0 Å². The van der Waals surface area contributed by atoms with Crippen LogP contribution >= 0.6 is 15.9 Å². The number of hydrogen-bond acceptors (Lipinski definition) is 4. The van der Waals surface area contributed by atoms with E-state index in [2.05, 4.69) is 21.2 Å². The molecule has 0 bridgehead atoms. The van der Waals surface area contributed by atoms with Crippen LogP contribution < -0.4 is 19.5 Å². The number of methoxy groups -OCH3 is 1. The molecule has 5 nitrogen and oxygen atoms in total. The zero-order valence-corrected chi connectivity index (χ0v) is 17.6. The molecule has 0 spiro atoms. The van der Waals surface area contributed by atoms with Gasteiger partial charge in [0.1, 0.15) is 22.8 Å². The van der Waals surface area contributed by atoms with Gasteiger partial charge in [-0.15, -0.1) is 0 Å². The van der Waals surface area contributed by atoms with Crippen LogP contribution in [0.3, 0.4) is 0 Å². The Morgan fingerprint density at radius 2 is 2.00 bits per heavy atom. The van der Waals surface area contributed by atoms with Gasteiger partial charge in [0.15, 0.2) is 6.61 Å². The minimum absolute atomic E-state index is 0.0374. The number of rotatable bonds is 5. The molecule has 0 saturated carbocycles. The number of carbonyl (C=O) groups is 1. The Morgan fingerprint density at radius 1 is 1.26 bits per heavy atom. The predicted molar refractivity (Wildman–Crippen MR) is 108 cm³/mol. The number of amides is 1. The van der Waals surface area contributed by atoms with E-state index in [4.69, 9.17) is 14.2 Å². The minimum atomic E-state index is -0.388. The lowest BCUT2D eigenvalue weighted by atomic mass is 9.89. The fraction of sp³-hybridized carbons (Fsp3) is 0.381. The van der Waals surface area contributed by atoms with Crippen LogP contribution in [0.1, 0.15) is 37.4 Å². The monoisotopic (exact) mass is 433 g/mol. The van der Waals surface area contributed by atoms with Crippen molar-refractivity contribution in [3.8, 4) is 17.2 Å². The predicted octanol–water partition coefficient (Wildman–Crippen LogP) is 4.56. The van der Waals surface area contributed by atoms with E-state index >= 15 is 0 Å². The Labute approximate surface area is 168 Å². The molecular formula is C21H24BrNO4. The smallest absolute Gasteiger partial charge is 0.258 e. The highest BCUT2D eigenvalue weighted by atomic mass is 79.9. The molecule has 2 aromatic rings. The summed E-state index contributed by atoms with van der Waals surface area (Å²) < 4.78 is 18.0. The number of aryl methyl sites for hydroxylation is 1. The third-order valence-corrected chi connectivity index (χ3v) is 5.40. The van der Waals surface area contributed by atoms with Crippen LogP contribution in [0.5, 0.6) is 17.2 Å². The largest absolute Gasteiger partial charge is 0.497 e. The van der Waals surface area contributed by atoms with Crippen molar-refractivity contribution in [1.29, 1.82) is 0 Å². The van der Waals surface area contributed by atoms with Crippen molar-refractivity contribution >= 4 is 21.8 Å². The fourth-order valence-electron chi connectivity index (χ4n) is 3.18. The van der Waals surface area contributed by atoms with Crippen LogP contribution in [-0.2, 0) is 4.79 Å². The maximum atomic E-state index is 12.5. The zero-order valence-electron chi connectivity index (χ0n) is 16.0. The first-order valence-corrected chi connectivity index (χ1v) is 9.62. The van der Waals surface area contributed by atoms with Crippen LogP contribution in [0.25, 0.3) is 0 Å². The second-order valence-corrected chi connectivity index (χ2v) is 8.14. The van der Waals surface area contributed by atoms with Gasteiger partial charge in [-0.3, -0.25) is 4.79 Å². The molecule has 144 valence electrons. The molecule has 6 heteroatoms. The van der Waals surface area contributed by atoms with Crippen LogP contribution in [0.2, 0.25) is 0 Å². The third kappa shape index (κ3) is 4.75. The summed E-state index contributed by atoms with van der Waals surface area (Å²) in [5.74, 6) is 1.97. The second-order valence-electron chi connectivity index (χ2n) is 7.29. The standard InChI is InChI=1S/C21H24BrNO4/c1-13-9-15(6-8-17(13)22)26-12-20(24)23-18-11-21(2,3)27-19-10-14(25-4)5-7-16(18)19/h5-10,18H,11-12H2,1-4H3,(H,23,24). The maximum absolute atomic E-state index is 12.5. The summed E-state index contributed by atoms with van der Waals surface area (Å²) in [4.78, 5) is 12.5. The summed E-state index contributed by atoms with van der Waals surface area (Å²) in [5, 5.41) is 3.07. The molecule has 0 aromatic heterocycles. The summed E-state index contributed by atoms with van der Waals surface area (Å²) in [5.41, 5.74) is 1.62. The van der Waals surface area contributed by atoms with E-state index in [0.717, 1.165) is 27.1 Å². The van der Waals surface area contributed by atoms with Gasteiger partial charge in [-0.25, -0.2) is 0 Å². The molecule has 1 aliphatic rings. The summed E-state index contributed by atoms with van der Waals surface area (Å²) in [7, 11) is 1.62. The highest BCUT2D eigenvalue weighted by molar-refractivity contribution is 9.10. The summed E-state index contributed by atoms with van der Waals surface area (Å²) in [6.45, 7) is 5.96. The Hall–Kier alpha value is -2.21. The highest BCUT2D eigenvalue weighted by Gasteiger charge is 2.34. The summed E-state index contributed by atoms with van der Waals surface area (Å²) >= 11 is 3.46. The molecule has 0 radical (unpaired) electrons. The van der Waals surface area contributed by atoms with Crippen molar-refractivity contribution in [2.75, 3.05) is 13.7 Å². The van der Waals surface area contributed by atoms with E-state index in [9.17, 15) is 4.79 Å². The Bertz CT molecular complexity index is 850. The first-order valence-electron chi connectivity index (χ1n) is 8.83. The molecule has 1 atom stereocenters. The van der Waals surface area contributed by atoms with Crippen molar-refractivity contribution < 1.29 is 19.0 Å². The first-order chi connectivity index (χ1) is 12.8. The molecule has 27 heavy (non-hydrogen) atoms. The molecule has 0 aliphatic carbocycles. The van der Waals surface area contributed by atoms with Crippen molar-refractivity contribution in [2.45, 2.75) is 38.8 Å². The number of halogens is 1. The fourth-order valence-corrected chi connectivity index (χ4v) is 3.43. The van der Waals surface area contributed by atoms with E-state index in [1.807, 2.05) is 57.2 Å². The lowest BCUT2D eigenvalue weighted by Crippen LogP contribution is -2.42. The lowest BCUT2D eigenvalue weighted by Gasteiger charge is -2.38. The zero-order chi connectivity index (χ0) is 19.6. The van der Waals surface area contributed by atoms with Gasteiger partial charge >= 0.3 is 0 Å². The topological polar surface area (TPSA) is 56.8 Å². The second kappa shape index (κ2) is 7.80. The quantitative estimate of drug-likeness (QED) is 0.750. The van der Waals surface area contributed by atoms with E-state index in [1.54, 1.807) is 7.11 Å². The van der Waals surface area contributed by atoms with Gasteiger partial charge < -0.3 is 19.5 Å². The average molecular weight is 434 g/mol. The van der Waals surface area contributed by atoms with Gasteiger partial charge in [0.25, 0.3) is 5.91 Å². The van der Waals surface area contributed by atoms with Crippen LogP contribution in [0, 0.1) is 6.92 Å². The van der Waals surface area contributed by atoms with Gasteiger partial charge in [0.05, 0.1) is 13.2 Å². The van der Waals surface area contributed by atoms with Crippen molar-refractivity contribution in [3.63, 3.8) is 0 Å². The molecule has 0 saturated heterocycles. The Balaban J connectivity index is 1.69. The van der Waals surface area contributed by atoms with Crippen LogP contribution in [-0.4, -0.2) is 25.2 Å². The lowest BCUT2D eigenvalue weighted by molar-refractivity contribution is -0.124. The number of ether oxygens (including phenoxy) is 3. The van der Waals surface area contributed by atoms with Crippen molar-refractivity contribution in [2.24, 2.45) is 0 Å². The Morgan fingerprint density at radius 3 is 2.70 bits per heavy atom. The summed E-state index contributed by atoms with van der Waals surface area (Å²) in [6.07, 6.45) is 0.676. The van der Waals surface area contributed by atoms with Gasteiger partial charge in [-0.1, -0.05) is 15.9 Å². The van der Waals surface area contributed by atoms with Gasteiger partial charge in [0.2, 0.25) is 0 Å². The number of hydrogen-bond donors (Lipinski definition) is 1. The van der Waals surface area contributed by atoms with E-state index < -0.39 is 0 Å². The average Bonchev–Trinajstić information content (AvgIpc) is 2.61. The van der Waals surface area contributed by atoms with E-state index in [1.165, 1.54) is 0 Å². The molecule has 1 N–H and O–H groups in total. The molecule has 1 unspecified atom stereocenters. The van der Waals surface area contributed by atoms with Crippen molar-refractivity contribution in [1.82, 2.24) is 5.32 Å². The molecule has 1 amide bonds. The first kappa shape index (κ1) is 19.5.